The summed E-state index contributed by atoms with van der Waals surface area (Å²) in [5.74, 6) is 10.6. The van der Waals surface area contributed by atoms with Gasteiger partial charge in [0.1, 0.15) is 17.5 Å². The van der Waals surface area contributed by atoms with Gasteiger partial charge in [-0.05, 0) is 55.1 Å². The quantitative estimate of drug-likeness (QED) is 0.546. The molecular formula is C22H21N3O2S. The maximum absolute atomic E-state index is 11.7. The van der Waals surface area contributed by atoms with E-state index in [9.17, 15) is 9.47 Å². The van der Waals surface area contributed by atoms with Crippen molar-refractivity contribution in [2.45, 2.75) is 13.5 Å². The lowest BCUT2D eigenvalue weighted by Crippen LogP contribution is -2.08. The monoisotopic (exact) mass is 391 g/mol. The average molecular weight is 391 g/mol. The number of hydrogen-bond acceptors (Lipinski definition) is 3. The van der Waals surface area contributed by atoms with Crippen LogP contribution in [-0.4, -0.2) is 28.0 Å². The number of anilines is 1. The number of hydrogen-bond donors (Lipinski definition) is 1. The van der Waals surface area contributed by atoms with Gasteiger partial charge in [-0.2, -0.15) is 5.26 Å². The second-order valence-electron chi connectivity index (χ2n) is 6.40. The van der Waals surface area contributed by atoms with Gasteiger partial charge in [0.15, 0.2) is 0 Å². The highest BCUT2D eigenvalue weighted by Crippen LogP contribution is 2.28. The van der Waals surface area contributed by atoms with Crippen molar-refractivity contribution < 1.29 is 8.95 Å². The Bertz CT molecular complexity index is 1240. The van der Waals surface area contributed by atoms with Gasteiger partial charge in [-0.15, -0.1) is 0 Å². The van der Waals surface area contributed by atoms with E-state index < -0.39 is 9.71 Å². The van der Waals surface area contributed by atoms with Crippen LogP contribution in [0.1, 0.15) is 23.7 Å². The molecule has 1 heterocycles. The van der Waals surface area contributed by atoms with Crippen LogP contribution >= 0.6 is 0 Å². The van der Waals surface area contributed by atoms with E-state index in [1.54, 1.807) is 13.4 Å². The van der Waals surface area contributed by atoms with Gasteiger partial charge >= 0.3 is 0 Å². The molecule has 0 aliphatic heterocycles. The van der Waals surface area contributed by atoms with E-state index in [0.29, 0.717) is 17.8 Å². The Morgan fingerprint density at radius 1 is 1.21 bits per heavy atom. The molecule has 1 unspecified atom stereocenters. The van der Waals surface area contributed by atoms with Crippen LogP contribution in [0.5, 0.6) is 5.75 Å². The molecule has 0 radical (unpaired) electrons. The zero-order valence-corrected chi connectivity index (χ0v) is 16.9. The summed E-state index contributed by atoms with van der Waals surface area (Å²) in [6, 6.07) is 15.3. The van der Waals surface area contributed by atoms with Crippen molar-refractivity contribution in [1.82, 2.24) is 4.57 Å². The first-order valence-electron chi connectivity index (χ1n) is 8.68. The first kappa shape index (κ1) is 19.4. The predicted octanol–water partition coefficient (Wildman–Crippen LogP) is 3.61. The summed E-state index contributed by atoms with van der Waals surface area (Å²) < 4.78 is 21.9. The van der Waals surface area contributed by atoms with Crippen molar-refractivity contribution in [2.75, 3.05) is 18.1 Å². The van der Waals surface area contributed by atoms with Crippen molar-refractivity contribution in [3.05, 3.63) is 59.3 Å². The molecule has 0 saturated heterocycles. The topological polar surface area (TPSA) is 67.1 Å². The standard InChI is InChI=1S/C22H21N3O2S/c1-5-25-21(20(15-23)19-12-11-18(27-2)14-22(19)25)13-8-16-6-9-17(10-7-16)24-28(3,4)26/h6-7,9-12,14H,3,5H2,1-2,4H3,(H,24,26). The molecule has 0 aliphatic carbocycles. The number of ether oxygens (including phenoxy) is 1. The van der Waals surface area contributed by atoms with Gasteiger partial charge in [0.05, 0.1) is 18.2 Å². The second kappa shape index (κ2) is 7.72. The third kappa shape index (κ3) is 3.98. The van der Waals surface area contributed by atoms with Gasteiger partial charge in [-0.3, -0.25) is 0 Å². The van der Waals surface area contributed by atoms with E-state index in [2.05, 4.69) is 28.5 Å². The van der Waals surface area contributed by atoms with Crippen LogP contribution in [0.15, 0.2) is 42.5 Å². The van der Waals surface area contributed by atoms with Gasteiger partial charge in [0, 0.05) is 45.2 Å². The van der Waals surface area contributed by atoms with Crippen molar-refractivity contribution in [1.29, 1.82) is 5.26 Å². The molecule has 2 aromatic carbocycles. The Balaban J connectivity index is 2.05. The lowest BCUT2D eigenvalue weighted by Gasteiger charge is -2.06. The van der Waals surface area contributed by atoms with Crippen LogP contribution in [0.25, 0.3) is 10.9 Å². The van der Waals surface area contributed by atoms with Crippen LogP contribution in [0.4, 0.5) is 5.69 Å². The minimum atomic E-state index is -2.32. The Kier molecular flexibility index (Phi) is 5.35. The molecule has 0 amide bonds. The van der Waals surface area contributed by atoms with Crippen LogP contribution in [0.2, 0.25) is 0 Å². The fourth-order valence-corrected chi connectivity index (χ4v) is 3.66. The number of aryl methyl sites for hydroxylation is 1. The maximum Gasteiger partial charge on any atom is 0.120 e. The van der Waals surface area contributed by atoms with E-state index in [4.69, 9.17) is 4.74 Å². The summed E-state index contributed by atoms with van der Waals surface area (Å²) in [5.41, 5.74) is 3.69. The summed E-state index contributed by atoms with van der Waals surface area (Å²) in [7, 11) is -0.698. The molecule has 1 atom stereocenters. The van der Waals surface area contributed by atoms with Gasteiger partial charge in [0.2, 0.25) is 0 Å². The van der Waals surface area contributed by atoms with E-state index in [0.717, 1.165) is 27.9 Å². The lowest BCUT2D eigenvalue weighted by molar-refractivity contribution is 0.415. The SMILES string of the molecule is C=S(C)(=O)Nc1ccc(C#Cc2c(C#N)c3ccc(OC)cc3n2CC)cc1. The smallest absolute Gasteiger partial charge is 0.120 e. The minimum absolute atomic E-state index is 0.563. The maximum atomic E-state index is 11.7. The van der Waals surface area contributed by atoms with E-state index in [-0.39, 0.29) is 0 Å². The van der Waals surface area contributed by atoms with E-state index in [1.165, 1.54) is 0 Å². The third-order valence-corrected chi connectivity index (χ3v) is 4.91. The largest absolute Gasteiger partial charge is 0.497 e. The molecule has 0 spiro atoms. The summed E-state index contributed by atoms with van der Waals surface area (Å²) in [6.07, 6.45) is 1.54. The molecule has 1 aromatic heterocycles. The van der Waals surface area contributed by atoms with Crippen molar-refractivity contribution in [3.63, 3.8) is 0 Å². The van der Waals surface area contributed by atoms with E-state index >= 15 is 0 Å². The molecule has 5 nitrogen and oxygen atoms in total. The summed E-state index contributed by atoms with van der Waals surface area (Å²) >= 11 is 0. The Hall–Kier alpha value is -3.35. The fourth-order valence-electron chi connectivity index (χ4n) is 3.03. The van der Waals surface area contributed by atoms with Crippen molar-refractivity contribution in [2.24, 2.45) is 0 Å². The molecular weight excluding hydrogens is 370 g/mol. The summed E-state index contributed by atoms with van der Waals surface area (Å²) in [6.45, 7) is 2.71. The number of fused-ring (bicyclic) bond motifs is 1. The zero-order valence-electron chi connectivity index (χ0n) is 16.1. The molecule has 142 valence electrons. The molecule has 3 rings (SSSR count). The molecule has 0 fully saturated rings. The summed E-state index contributed by atoms with van der Waals surface area (Å²) in [4.78, 5) is 0. The average Bonchev–Trinajstić information content (AvgIpc) is 2.97. The molecule has 0 aliphatic rings. The Morgan fingerprint density at radius 2 is 1.93 bits per heavy atom. The van der Waals surface area contributed by atoms with Crippen LogP contribution in [0.3, 0.4) is 0 Å². The molecule has 6 heteroatoms. The first-order valence-corrected chi connectivity index (χ1v) is 10.8. The third-order valence-electron chi connectivity index (χ3n) is 4.24. The first-order chi connectivity index (χ1) is 13.4. The highest BCUT2D eigenvalue weighted by molar-refractivity contribution is 8.00. The molecule has 0 bridgehead atoms. The normalized spacial score (nSPS) is 12.5. The van der Waals surface area contributed by atoms with Crippen LogP contribution in [-0.2, 0) is 16.3 Å². The summed E-state index contributed by atoms with van der Waals surface area (Å²) in [5, 5.41) is 10.6. The number of nitrogens with zero attached hydrogens (tertiary/aromatic N) is 2. The van der Waals surface area contributed by atoms with Crippen LogP contribution < -0.4 is 9.46 Å². The van der Waals surface area contributed by atoms with E-state index in [1.807, 2.05) is 54.0 Å². The molecule has 28 heavy (non-hydrogen) atoms. The highest BCUT2D eigenvalue weighted by Gasteiger charge is 2.15. The Morgan fingerprint density at radius 3 is 2.50 bits per heavy atom. The number of aromatic nitrogens is 1. The van der Waals surface area contributed by atoms with Crippen molar-refractivity contribution >= 4 is 32.2 Å². The fraction of sp³-hybridized carbons (Fsp3) is 0.182. The van der Waals surface area contributed by atoms with Gasteiger partial charge in [-0.1, -0.05) is 5.92 Å². The molecule has 3 aromatic rings. The number of nitrogens with one attached hydrogen (secondary N) is 1. The zero-order chi connectivity index (χ0) is 20.3. The Labute approximate surface area is 165 Å². The molecule has 0 saturated carbocycles. The van der Waals surface area contributed by atoms with Crippen LogP contribution in [0, 0.1) is 23.2 Å². The second-order valence-corrected chi connectivity index (χ2v) is 8.61. The molecule has 1 N–H and O–H groups in total. The minimum Gasteiger partial charge on any atom is -0.497 e. The number of methoxy groups -OCH3 is 1. The van der Waals surface area contributed by atoms with Gasteiger partial charge in [-0.25, -0.2) is 4.21 Å². The van der Waals surface area contributed by atoms with Crippen molar-refractivity contribution in [3.8, 4) is 23.7 Å². The number of nitriles is 1. The number of benzene rings is 2. The van der Waals surface area contributed by atoms with Gasteiger partial charge in [0.25, 0.3) is 0 Å². The van der Waals surface area contributed by atoms with Gasteiger partial charge < -0.3 is 14.0 Å². The highest BCUT2D eigenvalue weighted by atomic mass is 32.2. The predicted molar refractivity (Wildman–Crippen MR) is 116 cm³/mol. The lowest BCUT2D eigenvalue weighted by atomic mass is 10.1. The number of rotatable bonds is 4.